The van der Waals surface area contributed by atoms with Crippen LogP contribution >= 0.6 is 0 Å². The van der Waals surface area contributed by atoms with E-state index in [9.17, 15) is 4.79 Å². The maximum atomic E-state index is 11.9. The highest BCUT2D eigenvalue weighted by molar-refractivity contribution is 5.76. The zero-order chi connectivity index (χ0) is 14.1. The van der Waals surface area contributed by atoms with Crippen LogP contribution in [0.15, 0.2) is 0 Å². The third-order valence-corrected chi connectivity index (χ3v) is 3.88. The summed E-state index contributed by atoms with van der Waals surface area (Å²) in [7, 11) is 1.46. The molecule has 5 heteroatoms. The normalized spacial score (nSPS) is 18.5. The van der Waals surface area contributed by atoms with E-state index in [1.54, 1.807) is 0 Å². The Hall–Kier alpha value is -0.650. The third-order valence-electron chi connectivity index (χ3n) is 3.88. The van der Waals surface area contributed by atoms with Gasteiger partial charge in [0, 0.05) is 26.3 Å². The molecule has 0 bridgehead atoms. The number of hydrogen-bond donors (Lipinski definition) is 1. The molecule has 0 spiro atoms. The first-order valence-corrected chi connectivity index (χ1v) is 7.34. The Kier molecular flexibility index (Phi) is 8.02. The molecule has 0 aliphatic carbocycles. The Morgan fingerprint density at radius 3 is 2.53 bits per heavy atom. The fourth-order valence-electron chi connectivity index (χ4n) is 2.54. The molecular formula is C14H28N2O3. The summed E-state index contributed by atoms with van der Waals surface area (Å²) in [4.78, 5) is 14.2. The van der Waals surface area contributed by atoms with Crippen molar-refractivity contribution in [1.29, 1.82) is 0 Å². The molecule has 0 aromatic rings. The summed E-state index contributed by atoms with van der Waals surface area (Å²) in [6, 6.07) is -0.190. The Bertz CT molecular complexity index is 251. The van der Waals surface area contributed by atoms with Crippen molar-refractivity contribution in [2.24, 2.45) is 5.92 Å². The molecule has 1 heterocycles. The second kappa shape index (κ2) is 9.28. The quantitative estimate of drug-likeness (QED) is 0.665. The molecule has 0 aromatic carbocycles. The molecule has 0 radical (unpaired) electrons. The van der Waals surface area contributed by atoms with Crippen LogP contribution in [-0.2, 0) is 14.3 Å². The number of methoxy groups -OCH3 is 1. The fraction of sp³-hybridized carbons (Fsp3) is 0.929. The summed E-state index contributed by atoms with van der Waals surface area (Å²) >= 11 is 0. The monoisotopic (exact) mass is 272 g/mol. The SMILES string of the molecule is CCN(CC)CCNC(C(=O)OC)C1CCOCC1. The Balaban J connectivity index is 2.43. The Morgan fingerprint density at radius 2 is 2.00 bits per heavy atom. The molecule has 0 saturated carbocycles. The summed E-state index contributed by atoms with van der Waals surface area (Å²) in [5.41, 5.74) is 0. The maximum absolute atomic E-state index is 11.9. The smallest absolute Gasteiger partial charge is 0.323 e. The first kappa shape index (κ1) is 16.4. The van der Waals surface area contributed by atoms with Crippen molar-refractivity contribution in [3.63, 3.8) is 0 Å². The van der Waals surface area contributed by atoms with Gasteiger partial charge in [-0.3, -0.25) is 4.79 Å². The molecule has 0 amide bonds. The lowest BCUT2D eigenvalue weighted by molar-refractivity contribution is -0.145. The number of rotatable bonds is 8. The van der Waals surface area contributed by atoms with Gasteiger partial charge in [-0.25, -0.2) is 0 Å². The van der Waals surface area contributed by atoms with Crippen LogP contribution in [0.25, 0.3) is 0 Å². The third kappa shape index (κ3) is 5.47. The van der Waals surface area contributed by atoms with Gasteiger partial charge in [0.25, 0.3) is 0 Å². The molecule has 1 aliphatic heterocycles. The van der Waals surface area contributed by atoms with Crippen molar-refractivity contribution in [2.45, 2.75) is 32.7 Å². The summed E-state index contributed by atoms with van der Waals surface area (Å²) in [5, 5.41) is 3.37. The molecular weight excluding hydrogens is 244 g/mol. The fourth-order valence-corrected chi connectivity index (χ4v) is 2.54. The van der Waals surface area contributed by atoms with Crippen molar-refractivity contribution in [3.8, 4) is 0 Å². The van der Waals surface area contributed by atoms with Crippen LogP contribution in [0.3, 0.4) is 0 Å². The lowest BCUT2D eigenvalue weighted by Crippen LogP contribution is -2.47. The number of carbonyl (C=O) groups is 1. The standard InChI is InChI=1S/C14H28N2O3/c1-4-16(5-2)9-8-15-13(14(17)18-3)12-6-10-19-11-7-12/h12-13,15H,4-11H2,1-3H3. The lowest BCUT2D eigenvalue weighted by Gasteiger charge is -2.30. The van der Waals surface area contributed by atoms with Gasteiger partial charge in [-0.1, -0.05) is 13.8 Å². The molecule has 112 valence electrons. The van der Waals surface area contributed by atoms with Crippen LogP contribution in [0.4, 0.5) is 0 Å². The number of carbonyl (C=O) groups excluding carboxylic acids is 1. The van der Waals surface area contributed by atoms with Gasteiger partial charge in [0.15, 0.2) is 0 Å². The maximum Gasteiger partial charge on any atom is 0.323 e. The molecule has 1 atom stereocenters. The summed E-state index contributed by atoms with van der Waals surface area (Å²) < 4.78 is 10.3. The van der Waals surface area contributed by atoms with Gasteiger partial charge in [-0.15, -0.1) is 0 Å². The van der Waals surface area contributed by atoms with Crippen molar-refractivity contribution < 1.29 is 14.3 Å². The highest BCUT2D eigenvalue weighted by Crippen LogP contribution is 2.19. The van der Waals surface area contributed by atoms with Gasteiger partial charge >= 0.3 is 5.97 Å². The second-order valence-corrected chi connectivity index (χ2v) is 4.93. The van der Waals surface area contributed by atoms with Crippen LogP contribution in [0.5, 0.6) is 0 Å². The lowest BCUT2D eigenvalue weighted by atomic mass is 9.91. The van der Waals surface area contributed by atoms with E-state index < -0.39 is 0 Å². The number of nitrogens with one attached hydrogen (secondary N) is 1. The highest BCUT2D eigenvalue weighted by atomic mass is 16.5. The van der Waals surface area contributed by atoms with Crippen LogP contribution in [0, 0.1) is 5.92 Å². The molecule has 1 saturated heterocycles. The van der Waals surface area contributed by atoms with E-state index >= 15 is 0 Å². The van der Waals surface area contributed by atoms with Crippen LogP contribution < -0.4 is 5.32 Å². The van der Waals surface area contributed by atoms with Gasteiger partial charge in [-0.2, -0.15) is 0 Å². The molecule has 1 rings (SSSR count). The predicted octanol–water partition coefficient (Wildman–Crippen LogP) is 0.886. The van der Waals surface area contributed by atoms with E-state index in [1.165, 1.54) is 7.11 Å². The molecule has 1 fully saturated rings. The van der Waals surface area contributed by atoms with Crippen LogP contribution in [-0.4, -0.2) is 63.4 Å². The van der Waals surface area contributed by atoms with Crippen molar-refractivity contribution >= 4 is 5.97 Å². The minimum absolute atomic E-state index is 0.147. The van der Waals surface area contributed by atoms with Crippen LogP contribution in [0.1, 0.15) is 26.7 Å². The first-order valence-electron chi connectivity index (χ1n) is 7.34. The molecule has 19 heavy (non-hydrogen) atoms. The molecule has 5 nitrogen and oxygen atoms in total. The van der Waals surface area contributed by atoms with Crippen LogP contribution in [0.2, 0.25) is 0 Å². The van der Waals surface area contributed by atoms with Crippen molar-refractivity contribution in [2.75, 3.05) is 46.5 Å². The van der Waals surface area contributed by atoms with Crippen molar-refractivity contribution in [3.05, 3.63) is 0 Å². The summed E-state index contributed by atoms with van der Waals surface area (Å²) in [6.07, 6.45) is 1.86. The van der Waals surface area contributed by atoms with E-state index in [4.69, 9.17) is 9.47 Å². The number of ether oxygens (including phenoxy) is 2. The number of esters is 1. The molecule has 1 unspecified atom stereocenters. The summed E-state index contributed by atoms with van der Waals surface area (Å²) in [5.74, 6) is 0.185. The van der Waals surface area contributed by atoms with Gasteiger partial charge in [-0.05, 0) is 31.8 Å². The zero-order valence-electron chi connectivity index (χ0n) is 12.5. The minimum Gasteiger partial charge on any atom is -0.468 e. The van der Waals surface area contributed by atoms with E-state index in [-0.39, 0.29) is 12.0 Å². The van der Waals surface area contributed by atoms with E-state index in [0.29, 0.717) is 5.92 Å². The highest BCUT2D eigenvalue weighted by Gasteiger charge is 2.30. The average molecular weight is 272 g/mol. The van der Waals surface area contributed by atoms with Gasteiger partial charge in [0.05, 0.1) is 7.11 Å². The minimum atomic E-state index is -0.190. The van der Waals surface area contributed by atoms with E-state index in [2.05, 4.69) is 24.1 Å². The second-order valence-electron chi connectivity index (χ2n) is 4.93. The Labute approximate surface area is 116 Å². The van der Waals surface area contributed by atoms with E-state index in [0.717, 1.165) is 52.2 Å². The van der Waals surface area contributed by atoms with Crippen molar-refractivity contribution in [1.82, 2.24) is 10.2 Å². The summed E-state index contributed by atoms with van der Waals surface area (Å²) in [6.45, 7) is 9.66. The Morgan fingerprint density at radius 1 is 1.37 bits per heavy atom. The average Bonchev–Trinajstić information content (AvgIpc) is 2.48. The van der Waals surface area contributed by atoms with E-state index in [1.807, 2.05) is 0 Å². The van der Waals surface area contributed by atoms with Gasteiger partial charge in [0.1, 0.15) is 6.04 Å². The molecule has 0 aromatic heterocycles. The zero-order valence-corrected chi connectivity index (χ0v) is 12.5. The predicted molar refractivity (Wildman–Crippen MR) is 75.1 cm³/mol. The number of likely N-dealkylation sites (N-methyl/N-ethyl adjacent to an activating group) is 1. The largest absolute Gasteiger partial charge is 0.468 e. The molecule has 1 N–H and O–H groups in total. The first-order chi connectivity index (χ1) is 9.22. The molecule has 1 aliphatic rings. The van der Waals surface area contributed by atoms with Gasteiger partial charge in [0.2, 0.25) is 0 Å². The van der Waals surface area contributed by atoms with Gasteiger partial charge < -0.3 is 19.7 Å². The number of nitrogens with zero attached hydrogens (tertiary/aromatic N) is 1. The number of hydrogen-bond acceptors (Lipinski definition) is 5. The topological polar surface area (TPSA) is 50.8 Å².